The molecule has 0 N–H and O–H groups in total. The SMILES string of the molecule is CC1(C)C[Si](C)(C)[Si](C)(C)[Si](C)(S)O1. The molecule has 0 radical (unpaired) electrons. The van der Waals surface area contributed by atoms with Gasteiger partial charge in [-0.25, -0.2) is 0 Å². The lowest BCUT2D eigenvalue weighted by atomic mass is 10.2. The Morgan fingerprint density at radius 3 is 1.86 bits per heavy atom. The Kier molecular flexibility index (Phi) is 3.00. The van der Waals surface area contributed by atoms with Crippen LogP contribution in [0.3, 0.4) is 0 Å². The van der Waals surface area contributed by atoms with Crippen LogP contribution in [0.2, 0.25) is 38.8 Å². The molecule has 0 saturated carbocycles. The van der Waals surface area contributed by atoms with Crippen LogP contribution < -0.4 is 0 Å². The minimum absolute atomic E-state index is 0.0843. The lowest BCUT2D eigenvalue weighted by Gasteiger charge is -2.56. The zero-order valence-corrected chi connectivity index (χ0v) is 14.5. The molecular weight excluding hydrogens is 240 g/mol. The largest absolute Gasteiger partial charge is 0.406 e. The second-order valence-corrected chi connectivity index (χ2v) is 35.8. The van der Waals surface area contributed by atoms with Crippen LogP contribution >= 0.6 is 12.1 Å². The third-order valence-corrected chi connectivity index (χ3v) is 48.1. The number of rotatable bonds is 0. The van der Waals surface area contributed by atoms with Crippen molar-refractivity contribution in [2.45, 2.75) is 58.2 Å². The first-order valence-corrected chi connectivity index (χ1v) is 17.2. The summed E-state index contributed by atoms with van der Waals surface area (Å²) >= 11 is 4.94. The molecule has 1 rings (SSSR count). The molecule has 0 spiro atoms. The van der Waals surface area contributed by atoms with E-state index in [4.69, 9.17) is 16.5 Å². The summed E-state index contributed by atoms with van der Waals surface area (Å²) in [5.41, 5.74) is 0.0843. The van der Waals surface area contributed by atoms with Crippen LogP contribution in [0.15, 0.2) is 0 Å². The van der Waals surface area contributed by atoms with Gasteiger partial charge in [-0.2, -0.15) is 12.1 Å². The first-order chi connectivity index (χ1) is 5.91. The van der Waals surface area contributed by atoms with Crippen molar-refractivity contribution in [1.82, 2.24) is 0 Å². The van der Waals surface area contributed by atoms with Gasteiger partial charge in [0, 0.05) is 13.2 Å². The van der Waals surface area contributed by atoms with Crippen molar-refractivity contribution in [2.24, 2.45) is 0 Å². The van der Waals surface area contributed by atoms with Crippen molar-refractivity contribution >= 4 is 33.8 Å². The Morgan fingerprint density at radius 1 is 1.07 bits per heavy atom. The van der Waals surface area contributed by atoms with Crippen LogP contribution in [0.1, 0.15) is 13.8 Å². The number of thiol groups is 1. The van der Waals surface area contributed by atoms with E-state index in [0.717, 1.165) is 0 Å². The van der Waals surface area contributed by atoms with E-state index in [2.05, 4.69) is 46.6 Å². The van der Waals surface area contributed by atoms with Crippen molar-refractivity contribution in [2.75, 3.05) is 0 Å². The monoisotopic (exact) mass is 264 g/mol. The standard InChI is InChI=1S/C9H24OSSi3/c1-9(2)8-12(3,4)13(5,6)14(7,11)10-9/h11H,8H2,1-7H3. The molecule has 5 heteroatoms. The highest BCUT2D eigenvalue weighted by atomic mass is 32.3. The van der Waals surface area contributed by atoms with E-state index in [1.54, 1.807) is 0 Å². The Labute approximate surface area is 96.4 Å². The zero-order valence-electron chi connectivity index (χ0n) is 10.6. The molecule has 0 bridgehead atoms. The Bertz CT molecular complexity index is 226. The van der Waals surface area contributed by atoms with Gasteiger partial charge in [0.1, 0.15) is 0 Å². The van der Waals surface area contributed by atoms with Gasteiger partial charge in [-0.3, -0.25) is 0 Å². The fourth-order valence-electron chi connectivity index (χ4n) is 2.61. The highest BCUT2D eigenvalue weighted by Gasteiger charge is 2.61. The maximum Gasteiger partial charge on any atom is 0.230 e. The summed E-state index contributed by atoms with van der Waals surface area (Å²) in [6.45, 7) is 15.2. The van der Waals surface area contributed by atoms with Crippen molar-refractivity contribution in [3.05, 3.63) is 0 Å². The van der Waals surface area contributed by atoms with E-state index in [-0.39, 0.29) is 5.60 Å². The van der Waals surface area contributed by atoms with Crippen LogP contribution in [-0.4, -0.2) is 27.3 Å². The Balaban J connectivity index is 3.13. The average molecular weight is 265 g/mol. The zero-order chi connectivity index (χ0) is 11.4. The van der Waals surface area contributed by atoms with Crippen molar-refractivity contribution in [3.63, 3.8) is 0 Å². The van der Waals surface area contributed by atoms with Crippen LogP contribution in [-0.2, 0) is 4.43 Å². The van der Waals surface area contributed by atoms with E-state index in [0.29, 0.717) is 0 Å². The second-order valence-electron chi connectivity index (χ2n) is 6.53. The fourth-order valence-corrected chi connectivity index (χ4v) is 37.5. The Hall–Kier alpha value is 0.961. The van der Waals surface area contributed by atoms with E-state index in [1.165, 1.54) is 6.04 Å². The van der Waals surface area contributed by atoms with Crippen molar-refractivity contribution < 1.29 is 4.43 Å². The summed E-state index contributed by atoms with van der Waals surface area (Å²) < 4.78 is 6.31. The van der Waals surface area contributed by atoms with Crippen molar-refractivity contribution in [3.8, 4) is 0 Å². The first-order valence-electron chi connectivity index (χ1n) is 5.34. The topological polar surface area (TPSA) is 9.23 Å². The number of hydrogen-bond acceptors (Lipinski definition) is 2. The lowest BCUT2D eigenvalue weighted by molar-refractivity contribution is 0.128. The molecule has 1 nitrogen and oxygen atoms in total. The summed E-state index contributed by atoms with van der Waals surface area (Å²) in [7, 11) is -2.30. The summed E-state index contributed by atoms with van der Waals surface area (Å²) in [6.07, 6.45) is 0. The molecule has 1 fully saturated rings. The van der Waals surface area contributed by atoms with Gasteiger partial charge in [0.25, 0.3) is 0 Å². The summed E-state index contributed by atoms with van der Waals surface area (Å²) in [4.78, 5) is 0. The van der Waals surface area contributed by atoms with Gasteiger partial charge in [-0.05, 0) is 26.4 Å². The second kappa shape index (κ2) is 3.23. The van der Waals surface area contributed by atoms with Crippen LogP contribution in [0, 0.1) is 0 Å². The molecule has 0 aromatic rings. The molecule has 1 aliphatic rings. The minimum atomic E-state index is -1.69. The summed E-state index contributed by atoms with van der Waals surface area (Å²) in [6, 6.07) is 1.31. The average Bonchev–Trinajstić information content (AvgIpc) is 1.77. The molecule has 1 aliphatic heterocycles. The molecule has 1 saturated heterocycles. The van der Waals surface area contributed by atoms with Gasteiger partial charge < -0.3 is 4.43 Å². The van der Waals surface area contributed by atoms with Crippen LogP contribution in [0.25, 0.3) is 0 Å². The minimum Gasteiger partial charge on any atom is -0.406 e. The third-order valence-electron chi connectivity index (χ3n) is 4.19. The molecule has 14 heavy (non-hydrogen) atoms. The fraction of sp³-hybridized carbons (Fsp3) is 1.00. The van der Waals surface area contributed by atoms with Crippen LogP contribution in [0.4, 0.5) is 0 Å². The molecule has 84 valence electrons. The molecule has 1 unspecified atom stereocenters. The first kappa shape index (κ1) is 13.0. The highest BCUT2D eigenvalue weighted by molar-refractivity contribution is 8.24. The van der Waals surface area contributed by atoms with Gasteiger partial charge in [0.05, 0.1) is 7.11 Å². The molecular formula is C9H24OSSi3. The predicted molar refractivity (Wildman–Crippen MR) is 75.5 cm³/mol. The van der Waals surface area contributed by atoms with Crippen LogP contribution in [0.5, 0.6) is 0 Å². The maximum atomic E-state index is 6.31. The van der Waals surface area contributed by atoms with Gasteiger partial charge >= 0.3 is 0 Å². The van der Waals surface area contributed by atoms with E-state index in [9.17, 15) is 0 Å². The number of hydrogen-bond donors (Lipinski definition) is 1. The van der Waals surface area contributed by atoms with Gasteiger partial charge in [0.15, 0.2) is 0 Å². The summed E-state index contributed by atoms with van der Waals surface area (Å²) in [5, 5.41) is 0. The predicted octanol–water partition coefficient (Wildman–Crippen LogP) is 3.37. The van der Waals surface area contributed by atoms with E-state index < -0.39 is 21.7 Å². The normalized spacial score (nSPS) is 39.4. The van der Waals surface area contributed by atoms with E-state index in [1.807, 2.05) is 0 Å². The van der Waals surface area contributed by atoms with Gasteiger partial charge in [-0.15, -0.1) is 0 Å². The molecule has 0 aliphatic carbocycles. The molecule has 0 aromatic heterocycles. The lowest BCUT2D eigenvalue weighted by Crippen LogP contribution is -2.76. The maximum absolute atomic E-state index is 6.31. The smallest absolute Gasteiger partial charge is 0.230 e. The van der Waals surface area contributed by atoms with Gasteiger partial charge in [-0.1, -0.05) is 26.2 Å². The van der Waals surface area contributed by atoms with Gasteiger partial charge in [0.2, 0.25) is 6.98 Å². The highest BCUT2D eigenvalue weighted by Crippen LogP contribution is 2.44. The van der Waals surface area contributed by atoms with Crippen molar-refractivity contribution in [1.29, 1.82) is 0 Å². The quantitative estimate of drug-likeness (QED) is 0.521. The molecule has 1 atom stereocenters. The van der Waals surface area contributed by atoms with E-state index >= 15 is 0 Å². The molecule has 1 heterocycles. The molecule has 0 aromatic carbocycles. The Morgan fingerprint density at radius 2 is 1.50 bits per heavy atom. The summed E-state index contributed by atoms with van der Waals surface area (Å²) in [5.74, 6) is 0. The third kappa shape index (κ3) is 1.93. The molecule has 0 amide bonds.